The first-order valence-corrected chi connectivity index (χ1v) is 10.6. The smallest absolute Gasteiger partial charge is 0.259 e. The van der Waals surface area contributed by atoms with Crippen molar-refractivity contribution in [3.63, 3.8) is 0 Å². The monoisotopic (exact) mass is 434 g/mol. The highest BCUT2D eigenvalue weighted by atomic mass is 32.1. The molecule has 31 heavy (non-hydrogen) atoms. The Kier molecular flexibility index (Phi) is 5.56. The van der Waals surface area contributed by atoms with Crippen LogP contribution in [-0.2, 0) is 11.2 Å². The van der Waals surface area contributed by atoms with E-state index in [0.29, 0.717) is 21.8 Å². The minimum absolute atomic E-state index is 0.0600. The van der Waals surface area contributed by atoms with Gasteiger partial charge in [-0.25, -0.2) is 10.4 Å². The number of nitrogens with one attached hydrogen (secondary N) is 2. The maximum Gasteiger partial charge on any atom is 0.259 e. The minimum Gasteiger partial charge on any atom is -0.497 e. The molecule has 0 atom stereocenters. The highest BCUT2D eigenvalue weighted by molar-refractivity contribution is 7.18. The summed E-state index contributed by atoms with van der Waals surface area (Å²) in [5.74, 6) is 0.775. The van der Waals surface area contributed by atoms with Crippen molar-refractivity contribution in [2.75, 3.05) is 7.11 Å². The molecule has 2 aromatic carbocycles. The van der Waals surface area contributed by atoms with Crippen LogP contribution in [-0.4, -0.2) is 28.7 Å². The molecule has 0 saturated heterocycles. The summed E-state index contributed by atoms with van der Waals surface area (Å²) in [5, 5.41) is 6.91. The Morgan fingerprint density at radius 2 is 1.94 bits per heavy atom. The molecule has 0 aliphatic rings. The fourth-order valence-corrected chi connectivity index (χ4v) is 4.41. The maximum atomic E-state index is 12.4. The first-order valence-electron chi connectivity index (χ1n) is 9.76. The minimum atomic E-state index is -0.350. The summed E-state index contributed by atoms with van der Waals surface area (Å²) >= 11 is 1.45. The number of nitrogens with zero attached hydrogens (tertiary/aromatic N) is 2. The summed E-state index contributed by atoms with van der Waals surface area (Å²) in [6.07, 6.45) is -0.0600. The molecule has 0 unspecified atom stereocenters. The van der Waals surface area contributed by atoms with Gasteiger partial charge in [0.05, 0.1) is 24.6 Å². The number of fused-ring (bicyclic) bond motifs is 2. The van der Waals surface area contributed by atoms with Gasteiger partial charge in [0, 0.05) is 4.88 Å². The highest BCUT2D eigenvalue weighted by Crippen LogP contribution is 2.25. The van der Waals surface area contributed by atoms with Gasteiger partial charge < -0.3 is 9.72 Å². The van der Waals surface area contributed by atoms with Gasteiger partial charge in [0.1, 0.15) is 16.4 Å². The number of amides is 1. The van der Waals surface area contributed by atoms with Crippen molar-refractivity contribution in [1.29, 1.82) is 0 Å². The molecule has 2 N–H and O–H groups in total. The van der Waals surface area contributed by atoms with Crippen LogP contribution in [0.1, 0.15) is 28.8 Å². The Labute approximate surface area is 182 Å². The van der Waals surface area contributed by atoms with E-state index in [9.17, 15) is 9.59 Å². The lowest BCUT2D eigenvalue weighted by molar-refractivity contribution is -0.120. The van der Waals surface area contributed by atoms with Crippen molar-refractivity contribution in [2.24, 2.45) is 5.10 Å². The summed E-state index contributed by atoms with van der Waals surface area (Å²) < 4.78 is 5.25. The lowest BCUT2D eigenvalue weighted by Crippen LogP contribution is -2.24. The molecule has 1 amide bonds. The Morgan fingerprint density at radius 3 is 2.71 bits per heavy atom. The van der Waals surface area contributed by atoms with E-state index in [2.05, 4.69) is 20.5 Å². The third-order valence-corrected chi connectivity index (χ3v) is 6.33. The van der Waals surface area contributed by atoms with E-state index in [1.807, 2.05) is 57.2 Å². The van der Waals surface area contributed by atoms with Crippen molar-refractivity contribution < 1.29 is 9.53 Å². The molecule has 2 heterocycles. The maximum absolute atomic E-state index is 12.4. The second-order valence-electron chi connectivity index (χ2n) is 7.31. The third-order valence-electron chi connectivity index (χ3n) is 5.23. The van der Waals surface area contributed by atoms with Crippen LogP contribution >= 0.6 is 11.3 Å². The van der Waals surface area contributed by atoms with Crippen LogP contribution in [0.25, 0.3) is 21.0 Å². The van der Waals surface area contributed by atoms with Crippen molar-refractivity contribution in [3.8, 4) is 5.75 Å². The number of hydrogen-bond donors (Lipinski definition) is 2. The molecule has 0 spiro atoms. The van der Waals surface area contributed by atoms with Crippen LogP contribution in [0.15, 0.2) is 46.3 Å². The number of carbonyl (C=O) groups is 1. The van der Waals surface area contributed by atoms with Crippen LogP contribution < -0.4 is 15.7 Å². The number of carbonyl (C=O) groups excluding carboxylic acids is 1. The van der Waals surface area contributed by atoms with E-state index in [-0.39, 0.29) is 17.9 Å². The lowest BCUT2D eigenvalue weighted by atomic mass is 10.0. The fraction of sp³-hybridized carbons (Fsp3) is 0.217. The molecule has 8 heteroatoms. The van der Waals surface area contributed by atoms with Gasteiger partial charge in [-0.2, -0.15) is 5.10 Å². The van der Waals surface area contributed by atoms with Crippen molar-refractivity contribution in [1.82, 2.24) is 15.4 Å². The molecular weight excluding hydrogens is 412 g/mol. The number of hydrogen-bond acceptors (Lipinski definition) is 6. The molecule has 0 saturated carbocycles. The van der Waals surface area contributed by atoms with Crippen LogP contribution in [0, 0.1) is 13.8 Å². The highest BCUT2D eigenvalue weighted by Gasteiger charge is 2.13. The average molecular weight is 435 g/mol. The Bertz CT molecular complexity index is 1400. The molecule has 0 radical (unpaired) electrons. The van der Waals surface area contributed by atoms with Crippen molar-refractivity contribution >= 4 is 43.9 Å². The molecule has 0 fully saturated rings. The Hall–Kier alpha value is -3.52. The van der Waals surface area contributed by atoms with E-state index < -0.39 is 0 Å². The van der Waals surface area contributed by atoms with Crippen molar-refractivity contribution in [2.45, 2.75) is 27.2 Å². The summed E-state index contributed by atoms with van der Waals surface area (Å²) in [5.41, 5.74) is 4.83. The topological polar surface area (TPSA) is 96.4 Å². The van der Waals surface area contributed by atoms with Gasteiger partial charge in [0.25, 0.3) is 5.56 Å². The van der Waals surface area contributed by atoms with Gasteiger partial charge in [-0.05, 0) is 60.9 Å². The number of aryl methyl sites for hydroxylation is 2. The quantitative estimate of drug-likeness (QED) is 0.368. The van der Waals surface area contributed by atoms with Gasteiger partial charge in [0.2, 0.25) is 5.91 Å². The SMILES string of the molecule is COc1ccc2cc(/C(C)=N/NC(=O)Cc3nc4sc(C)c(C)c4c(=O)[nH]3)ccc2c1. The van der Waals surface area contributed by atoms with Gasteiger partial charge >= 0.3 is 0 Å². The zero-order valence-electron chi connectivity index (χ0n) is 17.7. The zero-order valence-corrected chi connectivity index (χ0v) is 18.5. The Morgan fingerprint density at radius 1 is 1.19 bits per heavy atom. The second kappa shape index (κ2) is 8.31. The van der Waals surface area contributed by atoms with Gasteiger partial charge in [-0.3, -0.25) is 9.59 Å². The summed E-state index contributed by atoms with van der Waals surface area (Å²) in [6, 6.07) is 11.8. The first kappa shape index (κ1) is 20.7. The van der Waals surface area contributed by atoms with Gasteiger partial charge in [0.15, 0.2) is 0 Å². The number of ether oxygens (including phenoxy) is 1. The first-order chi connectivity index (χ1) is 14.9. The predicted molar refractivity (Wildman–Crippen MR) is 124 cm³/mol. The number of benzene rings is 2. The van der Waals surface area contributed by atoms with Crippen LogP contribution in [0.4, 0.5) is 0 Å². The predicted octanol–water partition coefficient (Wildman–Crippen LogP) is 3.85. The molecule has 4 rings (SSSR count). The van der Waals surface area contributed by atoms with E-state index in [0.717, 1.165) is 32.5 Å². The molecular formula is C23H22N4O3S. The average Bonchev–Trinajstić information content (AvgIpc) is 3.04. The van der Waals surface area contributed by atoms with E-state index in [1.54, 1.807) is 7.11 Å². The number of rotatable bonds is 5. The number of methoxy groups -OCH3 is 1. The van der Waals surface area contributed by atoms with Crippen LogP contribution in [0.5, 0.6) is 5.75 Å². The number of aromatic amines is 1. The summed E-state index contributed by atoms with van der Waals surface area (Å²) in [7, 11) is 1.64. The van der Waals surface area contributed by atoms with Crippen molar-refractivity contribution in [3.05, 3.63) is 68.6 Å². The van der Waals surface area contributed by atoms with E-state index >= 15 is 0 Å². The molecule has 2 aromatic heterocycles. The molecule has 0 bridgehead atoms. The normalized spacial score (nSPS) is 11.8. The van der Waals surface area contributed by atoms with Gasteiger partial charge in [-0.1, -0.05) is 18.2 Å². The number of thiophene rings is 1. The third kappa shape index (κ3) is 4.20. The molecule has 0 aliphatic heterocycles. The van der Waals surface area contributed by atoms with E-state index in [1.165, 1.54) is 11.3 Å². The summed E-state index contributed by atoms with van der Waals surface area (Å²) in [4.78, 5) is 33.5. The van der Waals surface area contributed by atoms with Crippen LogP contribution in [0.3, 0.4) is 0 Å². The van der Waals surface area contributed by atoms with E-state index in [4.69, 9.17) is 4.74 Å². The number of hydrazone groups is 1. The van der Waals surface area contributed by atoms with Crippen LogP contribution in [0.2, 0.25) is 0 Å². The molecule has 7 nitrogen and oxygen atoms in total. The number of aromatic nitrogens is 2. The largest absolute Gasteiger partial charge is 0.497 e. The Balaban J connectivity index is 1.49. The number of H-pyrrole nitrogens is 1. The van der Waals surface area contributed by atoms with Gasteiger partial charge in [-0.15, -0.1) is 11.3 Å². The summed E-state index contributed by atoms with van der Waals surface area (Å²) in [6.45, 7) is 5.68. The standard InChI is InChI=1S/C23H22N4O3S/c1-12-14(3)31-23-21(12)22(29)24-19(25-23)11-20(28)27-26-13(2)15-5-6-17-10-18(30-4)8-7-16(17)9-15/h5-10H,11H2,1-4H3,(H,27,28)(H,24,25,29)/b26-13+. The molecule has 158 valence electrons. The molecule has 4 aromatic rings. The zero-order chi connectivity index (χ0) is 22.1. The lowest BCUT2D eigenvalue weighted by Gasteiger charge is -2.06. The fourth-order valence-electron chi connectivity index (χ4n) is 3.36. The second-order valence-corrected chi connectivity index (χ2v) is 8.52. The molecule has 0 aliphatic carbocycles.